The minimum Gasteiger partial charge on any atom is -0.465 e. The average molecular weight is 488 g/mol. The van der Waals surface area contributed by atoms with E-state index in [4.69, 9.17) is 4.74 Å². The number of nitro benzene ring substituents is 2. The molecule has 0 saturated heterocycles. The molecular weight excluding hydrogens is 472 g/mol. The van der Waals surface area contributed by atoms with E-state index in [1.165, 1.54) is 49.6 Å². The molecule has 0 heterocycles. The van der Waals surface area contributed by atoms with Gasteiger partial charge in [0.15, 0.2) is 0 Å². The SMILES string of the molecule is COC(=O)c1ccccc1NC(=O)/C(C#N)=C\c1ccc(Oc2ccc([N+](=O)[O-])cc2[N+](=O)[O-])cc1. The topological polar surface area (TPSA) is 175 Å². The van der Waals surface area contributed by atoms with Gasteiger partial charge in [0.2, 0.25) is 5.75 Å². The number of carbonyl (C=O) groups is 2. The number of hydrogen-bond acceptors (Lipinski definition) is 9. The maximum atomic E-state index is 12.6. The molecule has 0 aliphatic carbocycles. The largest absolute Gasteiger partial charge is 0.465 e. The molecule has 1 N–H and O–H groups in total. The van der Waals surface area contributed by atoms with Gasteiger partial charge in [-0.1, -0.05) is 24.3 Å². The van der Waals surface area contributed by atoms with Crippen molar-refractivity contribution in [3.63, 3.8) is 0 Å². The van der Waals surface area contributed by atoms with Gasteiger partial charge in [-0.05, 0) is 42.0 Å². The highest BCUT2D eigenvalue weighted by molar-refractivity contribution is 6.12. The number of nitrogens with one attached hydrogen (secondary N) is 1. The second-order valence-electron chi connectivity index (χ2n) is 7.00. The summed E-state index contributed by atoms with van der Waals surface area (Å²) < 4.78 is 10.2. The third kappa shape index (κ3) is 5.86. The summed E-state index contributed by atoms with van der Waals surface area (Å²) in [5.74, 6) is -1.43. The van der Waals surface area contributed by atoms with Crippen LogP contribution in [0.15, 0.2) is 72.3 Å². The zero-order chi connectivity index (χ0) is 26.2. The molecule has 0 aliphatic rings. The number of esters is 1. The first kappa shape index (κ1) is 25.1. The third-order valence-corrected chi connectivity index (χ3v) is 4.71. The summed E-state index contributed by atoms with van der Waals surface area (Å²) in [5.41, 5.74) is -0.561. The van der Waals surface area contributed by atoms with Crippen LogP contribution in [0.4, 0.5) is 17.1 Å². The van der Waals surface area contributed by atoms with Crippen molar-refractivity contribution in [2.24, 2.45) is 0 Å². The van der Waals surface area contributed by atoms with Gasteiger partial charge in [0, 0.05) is 6.07 Å². The molecule has 3 rings (SSSR count). The normalized spacial score (nSPS) is 10.6. The van der Waals surface area contributed by atoms with Crippen molar-refractivity contribution in [3.8, 4) is 17.6 Å². The number of methoxy groups -OCH3 is 1. The Morgan fingerprint density at radius 1 is 1.00 bits per heavy atom. The monoisotopic (exact) mass is 488 g/mol. The lowest BCUT2D eigenvalue weighted by atomic mass is 10.1. The first-order chi connectivity index (χ1) is 17.2. The van der Waals surface area contributed by atoms with Crippen LogP contribution in [-0.4, -0.2) is 28.8 Å². The van der Waals surface area contributed by atoms with Crippen LogP contribution in [0.1, 0.15) is 15.9 Å². The Bertz CT molecular complexity index is 1420. The molecule has 3 aromatic rings. The molecule has 0 atom stereocenters. The van der Waals surface area contributed by atoms with E-state index in [9.17, 15) is 35.1 Å². The maximum Gasteiger partial charge on any atom is 0.339 e. The van der Waals surface area contributed by atoms with Crippen molar-refractivity contribution < 1.29 is 28.9 Å². The number of ether oxygens (including phenoxy) is 2. The van der Waals surface area contributed by atoms with Gasteiger partial charge in [-0.25, -0.2) is 4.79 Å². The fourth-order valence-corrected chi connectivity index (χ4v) is 2.99. The molecule has 12 nitrogen and oxygen atoms in total. The van der Waals surface area contributed by atoms with E-state index in [0.717, 1.165) is 18.2 Å². The van der Waals surface area contributed by atoms with Crippen molar-refractivity contribution in [2.45, 2.75) is 0 Å². The minimum absolute atomic E-state index is 0.118. The Kier molecular flexibility index (Phi) is 7.68. The number of nitriles is 1. The molecule has 0 unspecified atom stereocenters. The lowest BCUT2D eigenvalue weighted by molar-refractivity contribution is -0.394. The number of rotatable bonds is 8. The molecule has 12 heteroatoms. The van der Waals surface area contributed by atoms with Crippen LogP contribution in [0, 0.1) is 31.6 Å². The molecule has 0 saturated carbocycles. The summed E-state index contributed by atoms with van der Waals surface area (Å²) in [7, 11) is 1.20. The summed E-state index contributed by atoms with van der Waals surface area (Å²) in [6.45, 7) is 0. The summed E-state index contributed by atoms with van der Waals surface area (Å²) in [6, 6.07) is 16.8. The van der Waals surface area contributed by atoms with Gasteiger partial charge in [0.05, 0.1) is 34.3 Å². The number of hydrogen-bond donors (Lipinski definition) is 1. The van der Waals surface area contributed by atoms with E-state index in [2.05, 4.69) is 10.1 Å². The van der Waals surface area contributed by atoms with Gasteiger partial charge < -0.3 is 14.8 Å². The van der Waals surface area contributed by atoms with Crippen molar-refractivity contribution in [3.05, 3.63) is 104 Å². The quantitative estimate of drug-likeness (QED) is 0.156. The Labute approximate surface area is 203 Å². The second-order valence-corrected chi connectivity index (χ2v) is 7.00. The van der Waals surface area contributed by atoms with Crippen molar-refractivity contribution in [1.29, 1.82) is 5.26 Å². The average Bonchev–Trinajstić information content (AvgIpc) is 2.87. The number of nitro groups is 2. The van der Waals surface area contributed by atoms with Gasteiger partial charge >= 0.3 is 11.7 Å². The number of anilines is 1. The highest BCUT2D eigenvalue weighted by Crippen LogP contribution is 2.34. The van der Waals surface area contributed by atoms with Crippen LogP contribution in [0.3, 0.4) is 0 Å². The molecule has 0 aliphatic heterocycles. The predicted octanol–water partition coefficient (Wildman–Crippen LogP) is 4.63. The number of amides is 1. The Hall–Kier alpha value is -5.57. The van der Waals surface area contributed by atoms with Crippen LogP contribution in [0.5, 0.6) is 11.5 Å². The molecule has 1 amide bonds. The molecular formula is C24H16N4O8. The van der Waals surface area contributed by atoms with E-state index in [1.54, 1.807) is 18.2 Å². The van der Waals surface area contributed by atoms with Gasteiger partial charge in [0.25, 0.3) is 11.6 Å². The zero-order valence-electron chi connectivity index (χ0n) is 18.5. The summed E-state index contributed by atoms with van der Waals surface area (Å²) >= 11 is 0. The minimum atomic E-state index is -0.796. The number of carbonyl (C=O) groups excluding carboxylic acids is 2. The van der Waals surface area contributed by atoms with E-state index < -0.39 is 33.1 Å². The van der Waals surface area contributed by atoms with E-state index in [1.807, 2.05) is 0 Å². The van der Waals surface area contributed by atoms with Crippen LogP contribution in [-0.2, 0) is 9.53 Å². The highest BCUT2D eigenvalue weighted by Gasteiger charge is 2.21. The van der Waals surface area contributed by atoms with E-state index in [-0.39, 0.29) is 28.3 Å². The zero-order valence-corrected chi connectivity index (χ0v) is 18.5. The second kappa shape index (κ2) is 11.0. The first-order valence-corrected chi connectivity index (χ1v) is 10.0. The van der Waals surface area contributed by atoms with Crippen LogP contribution in [0.25, 0.3) is 6.08 Å². The van der Waals surface area contributed by atoms with Gasteiger partial charge in [-0.15, -0.1) is 0 Å². The Balaban J connectivity index is 1.79. The van der Waals surface area contributed by atoms with Gasteiger partial charge in [0.1, 0.15) is 17.4 Å². The number of nitrogens with zero attached hydrogens (tertiary/aromatic N) is 3. The number of benzene rings is 3. The highest BCUT2D eigenvalue weighted by atomic mass is 16.6. The van der Waals surface area contributed by atoms with E-state index in [0.29, 0.717) is 5.56 Å². The lowest BCUT2D eigenvalue weighted by Gasteiger charge is -2.09. The fourth-order valence-electron chi connectivity index (χ4n) is 2.99. The van der Waals surface area contributed by atoms with Gasteiger partial charge in [-0.2, -0.15) is 5.26 Å². The Morgan fingerprint density at radius 3 is 2.31 bits per heavy atom. The number of non-ortho nitro benzene ring substituents is 1. The van der Waals surface area contributed by atoms with E-state index >= 15 is 0 Å². The van der Waals surface area contributed by atoms with Crippen LogP contribution in [0.2, 0.25) is 0 Å². The molecule has 36 heavy (non-hydrogen) atoms. The fraction of sp³-hybridized carbons (Fsp3) is 0.0417. The summed E-state index contributed by atoms with van der Waals surface area (Å²) in [5, 5.41) is 34.1. The van der Waals surface area contributed by atoms with Crippen molar-refractivity contribution >= 4 is 35.0 Å². The molecule has 0 radical (unpaired) electrons. The predicted molar refractivity (Wildman–Crippen MR) is 126 cm³/mol. The molecule has 0 aromatic heterocycles. The van der Waals surface area contributed by atoms with Crippen LogP contribution >= 0.6 is 0 Å². The molecule has 0 bridgehead atoms. The maximum absolute atomic E-state index is 12.6. The molecule has 0 spiro atoms. The van der Waals surface area contributed by atoms with Gasteiger partial charge in [-0.3, -0.25) is 25.0 Å². The van der Waals surface area contributed by atoms with Crippen molar-refractivity contribution in [1.82, 2.24) is 0 Å². The standard InChI is InChI=1S/C24H16N4O8/c1-35-24(30)19-4-2-3-5-20(19)26-23(29)16(14-25)12-15-6-9-18(10-7-15)36-22-11-8-17(27(31)32)13-21(22)28(33)34/h2-13H,1H3,(H,26,29)/b16-12-. The summed E-state index contributed by atoms with van der Waals surface area (Å²) in [6.07, 6.45) is 1.30. The smallest absolute Gasteiger partial charge is 0.339 e. The number of para-hydroxylation sites is 1. The lowest BCUT2D eigenvalue weighted by Crippen LogP contribution is -2.16. The summed E-state index contributed by atoms with van der Waals surface area (Å²) in [4.78, 5) is 45.1. The van der Waals surface area contributed by atoms with Crippen molar-refractivity contribution in [2.75, 3.05) is 12.4 Å². The Morgan fingerprint density at radius 2 is 1.69 bits per heavy atom. The van der Waals surface area contributed by atoms with Crippen LogP contribution < -0.4 is 10.1 Å². The third-order valence-electron chi connectivity index (χ3n) is 4.71. The molecule has 3 aromatic carbocycles. The molecule has 0 fully saturated rings. The first-order valence-electron chi connectivity index (χ1n) is 10.0. The molecule has 180 valence electrons.